The molecule has 0 bridgehead atoms. The molecule has 0 spiro atoms. The van der Waals surface area contributed by atoms with Crippen LogP contribution in [0.25, 0.3) is 0 Å². The summed E-state index contributed by atoms with van der Waals surface area (Å²) in [7, 11) is 0. The minimum absolute atomic E-state index is 0.456. The Morgan fingerprint density at radius 2 is 2.00 bits per heavy atom. The summed E-state index contributed by atoms with van der Waals surface area (Å²) in [6.07, 6.45) is 1.76. The lowest BCUT2D eigenvalue weighted by Crippen LogP contribution is -2.03. The van der Waals surface area contributed by atoms with E-state index < -0.39 is 0 Å². The van der Waals surface area contributed by atoms with Crippen molar-refractivity contribution in [1.82, 2.24) is 4.98 Å². The molecule has 0 atom stereocenters. The fraction of sp³-hybridized carbons (Fsp3) is 0.154. The Morgan fingerprint density at radius 1 is 1.17 bits per heavy atom. The number of nitrogens with zero attached hydrogens (tertiary/aromatic N) is 1. The van der Waals surface area contributed by atoms with Crippen molar-refractivity contribution in [3.63, 3.8) is 0 Å². The maximum atomic E-state index is 5.98. The van der Waals surface area contributed by atoms with Gasteiger partial charge in [0, 0.05) is 23.4 Å². The molecule has 0 aliphatic carbocycles. The molecule has 0 saturated carbocycles. The summed E-state index contributed by atoms with van der Waals surface area (Å²) in [5, 5.41) is 1.15. The fourth-order valence-electron chi connectivity index (χ4n) is 1.51. The number of halogens is 2. The van der Waals surface area contributed by atoms with Crippen LogP contribution in [0, 0.1) is 0 Å². The first-order valence-corrected chi connectivity index (χ1v) is 7.15. The van der Waals surface area contributed by atoms with Gasteiger partial charge in [-0.1, -0.05) is 29.3 Å². The second-order valence-electron chi connectivity index (χ2n) is 3.68. The third-order valence-electron chi connectivity index (χ3n) is 2.46. The van der Waals surface area contributed by atoms with Gasteiger partial charge < -0.3 is 5.73 Å². The maximum Gasteiger partial charge on any atom is 0.0603 e. The number of benzene rings is 1. The second-order valence-corrected chi connectivity index (χ2v) is 5.54. The van der Waals surface area contributed by atoms with Crippen molar-refractivity contribution in [2.45, 2.75) is 17.2 Å². The largest absolute Gasteiger partial charge is 0.325 e. The SMILES string of the molecule is NCc1ncccc1CSc1ccc(Cl)c(Cl)c1. The first-order valence-electron chi connectivity index (χ1n) is 5.41. The van der Waals surface area contributed by atoms with Crippen molar-refractivity contribution >= 4 is 35.0 Å². The Morgan fingerprint density at radius 3 is 2.72 bits per heavy atom. The molecule has 0 unspecified atom stereocenters. The van der Waals surface area contributed by atoms with Crippen molar-refractivity contribution in [1.29, 1.82) is 0 Å². The van der Waals surface area contributed by atoms with E-state index in [1.54, 1.807) is 24.0 Å². The van der Waals surface area contributed by atoms with E-state index in [9.17, 15) is 0 Å². The maximum absolute atomic E-state index is 5.98. The lowest BCUT2D eigenvalue weighted by molar-refractivity contribution is 0.964. The Kier molecular flexibility index (Phi) is 4.89. The zero-order valence-corrected chi connectivity index (χ0v) is 11.9. The van der Waals surface area contributed by atoms with Crippen LogP contribution in [0.5, 0.6) is 0 Å². The van der Waals surface area contributed by atoms with E-state index in [1.165, 1.54) is 0 Å². The first-order chi connectivity index (χ1) is 8.70. The van der Waals surface area contributed by atoms with Gasteiger partial charge >= 0.3 is 0 Å². The number of nitrogens with two attached hydrogens (primary N) is 1. The smallest absolute Gasteiger partial charge is 0.0603 e. The summed E-state index contributed by atoms with van der Waals surface area (Å²) in [5.74, 6) is 0.818. The standard InChI is InChI=1S/C13H12Cl2N2S/c14-11-4-3-10(6-12(11)15)18-8-9-2-1-5-17-13(9)7-16/h1-6H,7-8,16H2. The van der Waals surface area contributed by atoms with Gasteiger partial charge in [0.15, 0.2) is 0 Å². The van der Waals surface area contributed by atoms with Crippen molar-refractivity contribution in [3.8, 4) is 0 Å². The highest BCUT2D eigenvalue weighted by Gasteiger charge is 2.04. The van der Waals surface area contributed by atoms with E-state index in [4.69, 9.17) is 28.9 Å². The van der Waals surface area contributed by atoms with Gasteiger partial charge in [-0.3, -0.25) is 4.98 Å². The second kappa shape index (κ2) is 6.43. The fourth-order valence-corrected chi connectivity index (χ4v) is 2.83. The van der Waals surface area contributed by atoms with Crippen molar-refractivity contribution < 1.29 is 0 Å². The van der Waals surface area contributed by atoms with Gasteiger partial charge in [-0.2, -0.15) is 0 Å². The molecule has 2 aromatic rings. The molecule has 2 rings (SSSR count). The summed E-state index contributed by atoms with van der Waals surface area (Å²) in [4.78, 5) is 5.34. The number of aromatic nitrogens is 1. The summed E-state index contributed by atoms with van der Waals surface area (Å²) in [6, 6.07) is 9.59. The molecule has 1 aromatic carbocycles. The molecular formula is C13H12Cl2N2S. The number of hydrogen-bond donors (Lipinski definition) is 1. The first kappa shape index (κ1) is 13.7. The van der Waals surface area contributed by atoms with Crippen LogP contribution in [0.4, 0.5) is 0 Å². The zero-order valence-electron chi connectivity index (χ0n) is 9.57. The molecule has 0 aliphatic heterocycles. The minimum Gasteiger partial charge on any atom is -0.325 e. The molecule has 1 aromatic heterocycles. The molecule has 0 amide bonds. The minimum atomic E-state index is 0.456. The zero-order chi connectivity index (χ0) is 13.0. The molecule has 2 N–H and O–H groups in total. The Balaban J connectivity index is 2.09. The average Bonchev–Trinajstić information content (AvgIpc) is 2.40. The van der Waals surface area contributed by atoms with E-state index in [1.807, 2.05) is 24.3 Å². The van der Waals surface area contributed by atoms with Crippen LogP contribution >= 0.6 is 35.0 Å². The van der Waals surface area contributed by atoms with Gasteiger partial charge in [-0.25, -0.2) is 0 Å². The molecule has 0 saturated heterocycles. The lowest BCUT2D eigenvalue weighted by atomic mass is 10.2. The van der Waals surface area contributed by atoms with E-state index >= 15 is 0 Å². The van der Waals surface area contributed by atoms with E-state index in [2.05, 4.69) is 4.98 Å². The predicted molar refractivity (Wildman–Crippen MR) is 78.2 cm³/mol. The topological polar surface area (TPSA) is 38.9 Å². The Hall–Kier alpha value is -0.740. The normalized spacial score (nSPS) is 10.6. The molecular weight excluding hydrogens is 287 g/mol. The number of pyridine rings is 1. The van der Waals surface area contributed by atoms with Crippen molar-refractivity contribution in [3.05, 3.63) is 57.8 Å². The summed E-state index contributed by atoms with van der Waals surface area (Å²) in [6.45, 7) is 0.456. The van der Waals surface area contributed by atoms with Crippen molar-refractivity contribution in [2.24, 2.45) is 5.73 Å². The van der Waals surface area contributed by atoms with Crippen molar-refractivity contribution in [2.75, 3.05) is 0 Å². The molecule has 5 heteroatoms. The summed E-state index contributed by atoms with van der Waals surface area (Å²) < 4.78 is 0. The van der Waals surface area contributed by atoms with Crippen LogP contribution in [0.1, 0.15) is 11.3 Å². The highest BCUT2D eigenvalue weighted by atomic mass is 35.5. The summed E-state index contributed by atoms with van der Waals surface area (Å²) in [5.41, 5.74) is 7.74. The van der Waals surface area contributed by atoms with Crippen LogP contribution in [0.3, 0.4) is 0 Å². The highest BCUT2D eigenvalue weighted by molar-refractivity contribution is 7.98. The number of hydrogen-bond acceptors (Lipinski definition) is 3. The Labute approximate surface area is 121 Å². The molecule has 0 radical (unpaired) electrons. The van der Waals surface area contributed by atoms with Gasteiger partial charge in [0.25, 0.3) is 0 Å². The van der Waals surface area contributed by atoms with Crippen LogP contribution in [0.2, 0.25) is 10.0 Å². The quantitative estimate of drug-likeness (QED) is 0.862. The summed E-state index contributed by atoms with van der Waals surface area (Å²) >= 11 is 13.5. The number of rotatable bonds is 4. The average molecular weight is 299 g/mol. The van der Waals surface area contributed by atoms with Crippen LogP contribution in [-0.2, 0) is 12.3 Å². The van der Waals surface area contributed by atoms with Crippen LogP contribution < -0.4 is 5.73 Å². The van der Waals surface area contributed by atoms with Gasteiger partial charge in [-0.15, -0.1) is 11.8 Å². The molecule has 0 fully saturated rings. The lowest BCUT2D eigenvalue weighted by Gasteiger charge is -2.07. The molecule has 18 heavy (non-hydrogen) atoms. The van der Waals surface area contributed by atoms with E-state index in [0.29, 0.717) is 16.6 Å². The molecule has 94 valence electrons. The molecule has 2 nitrogen and oxygen atoms in total. The Bertz CT molecular complexity index is 546. The number of thioether (sulfide) groups is 1. The third-order valence-corrected chi connectivity index (χ3v) is 4.24. The highest BCUT2D eigenvalue weighted by Crippen LogP contribution is 2.30. The van der Waals surface area contributed by atoms with Gasteiger partial charge in [0.05, 0.1) is 15.7 Å². The third kappa shape index (κ3) is 3.39. The monoisotopic (exact) mass is 298 g/mol. The van der Waals surface area contributed by atoms with Gasteiger partial charge in [0.2, 0.25) is 0 Å². The van der Waals surface area contributed by atoms with Gasteiger partial charge in [0.1, 0.15) is 0 Å². The van der Waals surface area contributed by atoms with Crippen LogP contribution in [-0.4, -0.2) is 4.98 Å². The predicted octanol–water partition coefficient (Wildman–Crippen LogP) is 4.14. The van der Waals surface area contributed by atoms with E-state index in [-0.39, 0.29) is 0 Å². The molecule has 1 heterocycles. The van der Waals surface area contributed by atoms with E-state index in [0.717, 1.165) is 21.9 Å². The molecule has 0 aliphatic rings. The van der Waals surface area contributed by atoms with Crippen LogP contribution in [0.15, 0.2) is 41.4 Å². The van der Waals surface area contributed by atoms with Gasteiger partial charge in [-0.05, 0) is 29.8 Å².